The number of nitrogens with zero attached hydrogens (tertiary/aromatic N) is 2. The van der Waals surface area contributed by atoms with Crippen LogP contribution in [0.15, 0.2) is 4.52 Å². The number of nitrogens with one attached hydrogen (secondary N) is 1. The van der Waals surface area contributed by atoms with Crippen molar-refractivity contribution in [3.8, 4) is 0 Å². The Morgan fingerprint density at radius 1 is 1.24 bits per heavy atom. The molecule has 1 saturated heterocycles. The van der Waals surface area contributed by atoms with E-state index >= 15 is 0 Å². The average molecular weight is 349 g/mol. The number of likely N-dealkylation sites (tertiary alicyclic amines) is 1. The van der Waals surface area contributed by atoms with Gasteiger partial charge in [0.15, 0.2) is 0 Å². The van der Waals surface area contributed by atoms with E-state index in [0.717, 1.165) is 30.6 Å². The number of carbonyl (C=O) groups excluding carboxylic acids is 1. The highest BCUT2D eigenvalue weighted by molar-refractivity contribution is 5.79. The van der Waals surface area contributed by atoms with Crippen LogP contribution in [0.2, 0.25) is 0 Å². The minimum absolute atomic E-state index is 0.0394. The molecule has 7 heteroatoms. The van der Waals surface area contributed by atoms with Gasteiger partial charge in [-0.25, -0.2) is 0 Å². The van der Waals surface area contributed by atoms with Gasteiger partial charge in [0, 0.05) is 30.7 Å². The molecule has 0 spiro atoms. The average Bonchev–Trinajstić information content (AvgIpc) is 3.23. The Morgan fingerprint density at radius 3 is 2.56 bits per heavy atom. The van der Waals surface area contributed by atoms with Crippen LogP contribution >= 0.6 is 0 Å². The first-order chi connectivity index (χ1) is 11.9. The number of aliphatic carboxylic acids is 1. The Morgan fingerprint density at radius 2 is 1.96 bits per heavy atom. The van der Waals surface area contributed by atoms with E-state index in [1.807, 2.05) is 13.8 Å². The molecule has 1 amide bonds. The minimum Gasteiger partial charge on any atom is -0.481 e. The highest BCUT2D eigenvalue weighted by atomic mass is 16.5. The van der Waals surface area contributed by atoms with E-state index in [1.165, 1.54) is 12.8 Å². The Hall–Kier alpha value is -1.89. The topological polar surface area (TPSA) is 95.7 Å². The third-order valence-electron chi connectivity index (χ3n) is 5.40. The second-order valence-electron chi connectivity index (χ2n) is 7.41. The molecule has 0 unspecified atom stereocenters. The van der Waals surface area contributed by atoms with Gasteiger partial charge in [-0.1, -0.05) is 5.16 Å². The quantitative estimate of drug-likeness (QED) is 0.741. The Bertz CT molecular complexity index is 619. The molecule has 1 aromatic heterocycles. The molecule has 25 heavy (non-hydrogen) atoms. The number of aryl methyl sites for hydroxylation is 2. The lowest BCUT2D eigenvalue weighted by Gasteiger charge is -2.29. The Balaban J connectivity index is 1.53. The van der Waals surface area contributed by atoms with Gasteiger partial charge in [0.05, 0.1) is 18.5 Å². The van der Waals surface area contributed by atoms with E-state index in [4.69, 9.17) is 9.63 Å². The van der Waals surface area contributed by atoms with Crippen molar-refractivity contribution in [3.05, 3.63) is 17.0 Å². The predicted molar refractivity (Wildman–Crippen MR) is 91.2 cm³/mol. The Kier molecular flexibility index (Phi) is 5.42. The molecule has 2 N–H and O–H groups in total. The molecule has 1 aliphatic carbocycles. The number of carbonyl (C=O) groups is 2. The number of hydrogen-bond donors (Lipinski definition) is 2. The summed E-state index contributed by atoms with van der Waals surface area (Å²) >= 11 is 0. The van der Waals surface area contributed by atoms with E-state index in [0.29, 0.717) is 18.2 Å². The number of carboxylic acids is 1. The SMILES string of the molecule is Cc1noc(C)c1CC(=O)NC[C@@H]1CC[C@H](CC(=O)O)N1CC1CC1. The first-order valence-electron chi connectivity index (χ1n) is 9.10. The first-order valence-corrected chi connectivity index (χ1v) is 9.10. The van der Waals surface area contributed by atoms with Crippen molar-refractivity contribution in [1.29, 1.82) is 0 Å². The van der Waals surface area contributed by atoms with Gasteiger partial charge in [0.1, 0.15) is 5.76 Å². The molecule has 1 aliphatic heterocycles. The van der Waals surface area contributed by atoms with E-state index < -0.39 is 5.97 Å². The maximum absolute atomic E-state index is 12.3. The number of amides is 1. The summed E-state index contributed by atoms with van der Waals surface area (Å²) < 4.78 is 5.10. The van der Waals surface area contributed by atoms with Gasteiger partial charge >= 0.3 is 5.97 Å². The highest BCUT2D eigenvalue weighted by Gasteiger charge is 2.38. The standard InChI is InChI=1S/C18H27N3O4/c1-11-16(12(2)25-20-11)8-17(22)19-9-15-6-5-14(7-18(23)24)21(15)10-13-3-4-13/h13-15H,3-10H2,1-2H3,(H,19,22)(H,23,24)/t14-,15+/m1/s1. The van der Waals surface area contributed by atoms with Crippen LogP contribution in [0.1, 0.15) is 49.1 Å². The van der Waals surface area contributed by atoms with Crippen LogP contribution in [0.3, 0.4) is 0 Å². The molecule has 3 rings (SSSR count). The lowest BCUT2D eigenvalue weighted by atomic mass is 10.1. The molecule has 2 aliphatic rings. The van der Waals surface area contributed by atoms with E-state index in [9.17, 15) is 9.59 Å². The minimum atomic E-state index is -0.742. The molecule has 0 bridgehead atoms. The van der Waals surface area contributed by atoms with Gasteiger partial charge in [0.2, 0.25) is 5.91 Å². The second kappa shape index (κ2) is 7.56. The molecule has 0 aromatic carbocycles. The van der Waals surface area contributed by atoms with Crippen molar-refractivity contribution < 1.29 is 19.2 Å². The third kappa shape index (κ3) is 4.60. The number of rotatable bonds is 8. The zero-order chi connectivity index (χ0) is 18.0. The van der Waals surface area contributed by atoms with E-state index in [1.54, 1.807) is 0 Å². The van der Waals surface area contributed by atoms with Crippen LogP contribution < -0.4 is 5.32 Å². The molecule has 1 saturated carbocycles. The normalized spacial score (nSPS) is 23.8. The van der Waals surface area contributed by atoms with Gasteiger partial charge in [-0.2, -0.15) is 0 Å². The zero-order valence-corrected chi connectivity index (χ0v) is 15.0. The van der Waals surface area contributed by atoms with Crippen LogP contribution in [0.5, 0.6) is 0 Å². The van der Waals surface area contributed by atoms with Gasteiger partial charge in [-0.15, -0.1) is 0 Å². The van der Waals surface area contributed by atoms with E-state index in [2.05, 4.69) is 15.4 Å². The lowest BCUT2D eigenvalue weighted by Crippen LogP contribution is -2.45. The van der Waals surface area contributed by atoms with Crippen LogP contribution in [-0.2, 0) is 16.0 Å². The predicted octanol–water partition coefficient (Wildman–Crippen LogP) is 1.67. The van der Waals surface area contributed by atoms with Crippen molar-refractivity contribution in [2.45, 2.75) is 64.5 Å². The largest absolute Gasteiger partial charge is 0.481 e. The van der Waals surface area contributed by atoms with Crippen molar-refractivity contribution in [2.24, 2.45) is 5.92 Å². The van der Waals surface area contributed by atoms with Gasteiger partial charge in [-0.3, -0.25) is 14.5 Å². The number of aromatic nitrogens is 1. The summed E-state index contributed by atoms with van der Waals surface area (Å²) in [6.07, 6.45) is 4.77. The monoisotopic (exact) mass is 349 g/mol. The van der Waals surface area contributed by atoms with Crippen molar-refractivity contribution in [1.82, 2.24) is 15.4 Å². The molecule has 2 atom stereocenters. The van der Waals surface area contributed by atoms with Crippen LogP contribution in [0.25, 0.3) is 0 Å². The van der Waals surface area contributed by atoms with Gasteiger partial charge in [0.25, 0.3) is 0 Å². The van der Waals surface area contributed by atoms with Crippen LogP contribution in [0, 0.1) is 19.8 Å². The Labute approximate surface area is 147 Å². The summed E-state index contributed by atoms with van der Waals surface area (Å²) in [4.78, 5) is 25.7. The molecule has 1 aromatic rings. The van der Waals surface area contributed by atoms with Crippen LogP contribution in [0.4, 0.5) is 0 Å². The van der Waals surface area contributed by atoms with Crippen molar-refractivity contribution in [3.63, 3.8) is 0 Å². The summed E-state index contributed by atoms with van der Waals surface area (Å²) in [5.41, 5.74) is 1.60. The molecule has 0 radical (unpaired) electrons. The zero-order valence-electron chi connectivity index (χ0n) is 15.0. The molecule has 2 fully saturated rings. The maximum atomic E-state index is 12.3. The number of hydrogen-bond acceptors (Lipinski definition) is 5. The van der Waals surface area contributed by atoms with Gasteiger partial charge < -0.3 is 14.9 Å². The molecule has 7 nitrogen and oxygen atoms in total. The third-order valence-corrected chi connectivity index (χ3v) is 5.40. The van der Waals surface area contributed by atoms with Crippen LogP contribution in [-0.4, -0.2) is 52.2 Å². The molecular weight excluding hydrogens is 322 g/mol. The summed E-state index contributed by atoms with van der Waals surface area (Å²) in [5.74, 6) is 0.608. The van der Waals surface area contributed by atoms with Gasteiger partial charge in [-0.05, 0) is 45.4 Å². The summed E-state index contributed by atoms with van der Waals surface area (Å²) in [7, 11) is 0. The number of carboxylic acid groups (broad SMARTS) is 1. The highest BCUT2D eigenvalue weighted by Crippen LogP contribution is 2.35. The summed E-state index contributed by atoms with van der Waals surface area (Å²) in [6, 6.07) is 0.334. The fourth-order valence-electron chi connectivity index (χ4n) is 3.76. The summed E-state index contributed by atoms with van der Waals surface area (Å²) in [5, 5.41) is 16.0. The first kappa shape index (κ1) is 17.9. The second-order valence-corrected chi connectivity index (χ2v) is 7.41. The fraction of sp³-hybridized carbons (Fsp3) is 0.722. The smallest absolute Gasteiger partial charge is 0.304 e. The van der Waals surface area contributed by atoms with Crippen molar-refractivity contribution in [2.75, 3.05) is 13.1 Å². The fourth-order valence-corrected chi connectivity index (χ4v) is 3.76. The molecule has 2 heterocycles. The lowest BCUT2D eigenvalue weighted by molar-refractivity contribution is -0.138. The van der Waals surface area contributed by atoms with Crippen molar-refractivity contribution >= 4 is 11.9 Å². The molecular formula is C18H27N3O4. The van der Waals surface area contributed by atoms with E-state index in [-0.39, 0.29) is 30.8 Å². The maximum Gasteiger partial charge on any atom is 0.304 e. The molecule has 138 valence electrons. The summed E-state index contributed by atoms with van der Waals surface area (Å²) in [6.45, 7) is 5.19.